The van der Waals surface area contributed by atoms with Crippen molar-refractivity contribution in [3.05, 3.63) is 18.0 Å². The molecule has 1 unspecified atom stereocenters. The summed E-state index contributed by atoms with van der Waals surface area (Å²) in [6.45, 7) is 4.06. The fourth-order valence-electron chi connectivity index (χ4n) is 0.755. The van der Waals surface area contributed by atoms with E-state index in [0.717, 1.165) is 22.9 Å². The molecule has 13 heavy (non-hydrogen) atoms. The van der Waals surface area contributed by atoms with Gasteiger partial charge in [0.25, 0.3) is 0 Å². The summed E-state index contributed by atoms with van der Waals surface area (Å²) in [4.78, 5) is 8.36. The van der Waals surface area contributed by atoms with Crippen molar-refractivity contribution in [2.75, 3.05) is 5.75 Å². The van der Waals surface area contributed by atoms with Crippen molar-refractivity contribution in [3.8, 4) is 0 Å². The van der Waals surface area contributed by atoms with Crippen molar-refractivity contribution in [2.24, 2.45) is 5.73 Å². The van der Waals surface area contributed by atoms with Gasteiger partial charge in [0.1, 0.15) is 0 Å². The van der Waals surface area contributed by atoms with E-state index in [1.807, 2.05) is 19.3 Å². The highest BCUT2D eigenvalue weighted by atomic mass is 32.2. The summed E-state index contributed by atoms with van der Waals surface area (Å²) in [5.41, 5.74) is 6.86. The first-order valence-electron chi connectivity index (χ1n) is 4.39. The van der Waals surface area contributed by atoms with Crippen LogP contribution in [0, 0.1) is 6.92 Å². The average Bonchev–Trinajstić information content (AvgIpc) is 2.16. The number of nitrogens with two attached hydrogens (primary N) is 1. The second kappa shape index (κ2) is 5.19. The Morgan fingerprint density at radius 2 is 2.08 bits per heavy atom. The largest absolute Gasteiger partial charge is 0.327 e. The van der Waals surface area contributed by atoms with E-state index in [1.54, 1.807) is 11.8 Å². The minimum absolute atomic E-state index is 0.245. The van der Waals surface area contributed by atoms with E-state index in [2.05, 4.69) is 16.9 Å². The number of nitrogens with zero attached hydrogens (tertiary/aromatic N) is 2. The average molecular weight is 197 g/mol. The molecule has 1 aromatic rings. The van der Waals surface area contributed by atoms with E-state index in [9.17, 15) is 0 Å². The number of hydrogen-bond donors (Lipinski definition) is 1. The smallest absolute Gasteiger partial charge is 0.187 e. The minimum atomic E-state index is 0.245. The number of thioether (sulfide) groups is 1. The zero-order valence-electron chi connectivity index (χ0n) is 8.03. The van der Waals surface area contributed by atoms with Gasteiger partial charge >= 0.3 is 0 Å². The molecule has 0 bridgehead atoms. The normalized spacial score (nSPS) is 12.8. The van der Waals surface area contributed by atoms with Crippen LogP contribution in [0.4, 0.5) is 0 Å². The summed E-state index contributed by atoms with van der Waals surface area (Å²) in [6, 6.07) is 0.245. The second-order valence-corrected chi connectivity index (χ2v) is 4.01. The highest BCUT2D eigenvalue weighted by Crippen LogP contribution is 2.13. The lowest BCUT2D eigenvalue weighted by atomic mass is 10.3. The summed E-state index contributed by atoms with van der Waals surface area (Å²) in [6.07, 6.45) is 4.65. The molecule has 1 atom stereocenters. The van der Waals surface area contributed by atoms with Crippen molar-refractivity contribution in [1.29, 1.82) is 0 Å². The van der Waals surface area contributed by atoms with Crippen molar-refractivity contribution in [2.45, 2.75) is 31.5 Å². The SMILES string of the molecule is CCC(N)CSc1ncc(C)cn1. The Balaban J connectivity index is 2.41. The Labute approximate surface area is 83.2 Å². The van der Waals surface area contributed by atoms with Gasteiger partial charge in [-0.1, -0.05) is 18.7 Å². The van der Waals surface area contributed by atoms with Gasteiger partial charge in [0.05, 0.1) is 0 Å². The molecule has 0 aliphatic heterocycles. The Hall–Kier alpha value is -0.610. The van der Waals surface area contributed by atoms with E-state index < -0.39 is 0 Å². The molecule has 1 aromatic heterocycles. The van der Waals surface area contributed by atoms with Crippen molar-refractivity contribution in [3.63, 3.8) is 0 Å². The van der Waals surface area contributed by atoms with E-state index in [1.165, 1.54) is 0 Å². The maximum absolute atomic E-state index is 5.77. The van der Waals surface area contributed by atoms with Crippen LogP contribution in [-0.4, -0.2) is 21.8 Å². The molecule has 1 rings (SSSR count). The van der Waals surface area contributed by atoms with Gasteiger partial charge in [0.15, 0.2) is 5.16 Å². The summed E-state index contributed by atoms with van der Waals surface area (Å²) >= 11 is 1.61. The molecule has 0 radical (unpaired) electrons. The Morgan fingerprint density at radius 3 is 2.62 bits per heavy atom. The summed E-state index contributed by atoms with van der Waals surface area (Å²) < 4.78 is 0. The third-order valence-corrected chi connectivity index (χ3v) is 2.77. The van der Waals surface area contributed by atoms with Gasteiger partial charge in [-0.25, -0.2) is 9.97 Å². The van der Waals surface area contributed by atoms with Gasteiger partial charge in [-0.3, -0.25) is 0 Å². The Morgan fingerprint density at radius 1 is 1.46 bits per heavy atom. The van der Waals surface area contributed by atoms with E-state index in [4.69, 9.17) is 5.73 Å². The highest BCUT2D eigenvalue weighted by molar-refractivity contribution is 7.99. The Bertz CT molecular complexity index is 248. The monoisotopic (exact) mass is 197 g/mol. The summed E-state index contributed by atoms with van der Waals surface area (Å²) in [5.74, 6) is 0.888. The lowest BCUT2D eigenvalue weighted by Gasteiger charge is -2.06. The van der Waals surface area contributed by atoms with Crippen molar-refractivity contribution >= 4 is 11.8 Å². The minimum Gasteiger partial charge on any atom is -0.327 e. The predicted molar refractivity (Wildman–Crippen MR) is 55.8 cm³/mol. The van der Waals surface area contributed by atoms with Gasteiger partial charge in [-0.2, -0.15) is 0 Å². The van der Waals surface area contributed by atoms with Crippen molar-refractivity contribution < 1.29 is 0 Å². The first-order chi connectivity index (χ1) is 6.22. The second-order valence-electron chi connectivity index (χ2n) is 3.02. The fraction of sp³-hybridized carbons (Fsp3) is 0.556. The molecule has 4 heteroatoms. The molecule has 1 heterocycles. The van der Waals surface area contributed by atoms with Crippen LogP contribution < -0.4 is 5.73 Å². The lowest BCUT2D eigenvalue weighted by molar-refractivity contribution is 0.723. The molecule has 0 fully saturated rings. The third-order valence-electron chi connectivity index (χ3n) is 1.71. The van der Waals surface area contributed by atoms with Gasteiger partial charge in [0.2, 0.25) is 0 Å². The number of aryl methyl sites for hydroxylation is 1. The van der Waals surface area contributed by atoms with E-state index >= 15 is 0 Å². The van der Waals surface area contributed by atoms with Crippen LogP contribution in [0.2, 0.25) is 0 Å². The zero-order valence-corrected chi connectivity index (χ0v) is 8.84. The molecule has 3 nitrogen and oxygen atoms in total. The first kappa shape index (κ1) is 10.5. The van der Waals surface area contributed by atoms with Crippen LogP contribution >= 0.6 is 11.8 Å². The van der Waals surface area contributed by atoms with Crippen LogP contribution in [0.1, 0.15) is 18.9 Å². The molecule has 0 aliphatic carbocycles. The molecular formula is C9H15N3S. The molecule has 72 valence electrons. The molecule has 0 spiro atoms. The standard InChI is InChI=1S/C9H15N3S/c1-3-8(10)6-13-9-11-4-7(2)5-12-9/h4-5,8H,3,6,10H2,1-2H3. The fourth-order valence-corrected chi connectivity index (χ4v) is 1.61. The first-order valence-corrected chi connectivity index (χ1v) is 5.38. The highest BCUT2D eigenvalue weighted by Gasteiger charge is 2.01. The third kappa shape index (κ3) is 3.74. The zero-order chi connectivity index (χ0) is 9.68. The molecule has 0 aliphatic rings. The van der Waals surface area contributed by atoms with Crippen molar-refractivity contribution in [1.82, 2.24) is 9.97 Å². The van der Waals surface area contributed by atoms with E-state index in [0.29, 0.717) is 0 Å². The van der Waals surface area contributed by atoms with Gasteiger partial charge in [0, 0.05) is 24.2 Å². The summed E-state index contributed by atoms with van der Waals surface area (Å²) in [7, 11) is 0. The maximum atomic E-state index is 5.77. The quantitative estimate of drug-likeness (QED) is 0.588. The van der Waals surface area contributed by atoms with Gasteiger partial charge in [-0.15, -0.1) is 0 Å². The Kier molecular flexibility index (Phi) is 4.18. The number of hydrogen-bond acceptors (Lipinski definition) is 4. The molecular weight excluding hydrogens is 182 g/mol. The van der Waals surface area contributed by atoms with E-state index in [-0.39, 0.29) is 6.04 Å². The van der Waals surface area contributed by atoms with Crippen LogP contribution in [-0.2, 0) is 0 Å². The summed E-state index contributed by atoms with van der Waals surface area (Å²) in [5, 5.41) is 0.814. The number of rotatable bonds is 4. The molecule has 2 N–H and O–H groups in total. The molecule has 0 saturated heterocycles. The van der Waals surface area contributed by atoms with Gasteiger partial charge in [-0.05, 0) is 18.9 Å². The van der Waals surface area contributed by atoms with Gasteiger partial charge < -0.3 is 5.73 Å². The van der Waals surface area contributed by atoms with Crippen LogP contribution in [0.15, 0.2) is 17.6 Å². The lowest BCUT2D eigenvalue weighted by Crippen LogP contribution is -2.21. The number of aromatic nitrogens is 2. The maximum Gasteiger partial charge on any atom is 0.187 e. The molecule has 0 amide bonds. The predicted octanol–water partition coefficient (Wildman–Crippen LogP) is 1.61. The molecule has 0 saturated carbocycles. The van der Waals surface area contributed by atoms with Crippen LogP contribution in [0.25, 0.3) is 0 Å². The topological polar surface area (TPSA) is 51.8 Å². The molecule has 0 aromatic carbocycles. The van der Waals surface area contributed by atoms with Crippen LogP contribution in [0.5, 0.6) is 0 Å². The van der Waals surface area contributed by atoms with Crippen LogP contribution in [0.3, 0.4) is 0 Å².